The van der Waals surface area contributed by atoms with Crippen LogP contribution in [0.2, 0.25) is 0 Å². The van der Waals surface area contributed by atoms with Crippen molar-refractivity contribution in [1.82, 2.24) is 19.5 Å². The Kier molecular flexibility index (Phi) is 5.34. The van der Waals surface area contributed by atoms with Gasteiger partial charge in [-0.25, -0.2) is 18.3 Å². The van der Waals surface area contributed by atoms with Gasteiger partial charge in [0.05, 0.1) is 18.3 Å². The fourth-order valence-corrected chi connectivity index (χ4v) is 4.50. The highest BCUT2D eigenvalue weighted by Gasteiger charge is 2.30. The molecule has 0 bridgehead atoms. The van der Waals surface area contributed by atoms with Gasteiger partial charge in [0.2, 0.25) is 5.91 Å². The Labute approximate surface area is 183 Å². The number of nitrogens with zero attached hydrogens (tertiary/aromatic N) is 5. The standard InChI is InChI=1S/C23H23F2N5O2/c24-16-4-5-19(25)18(12-16)20-2-1-9-29(20)21-8-11-30-23(27-21)15(13-26-30)3-6-22(32)28-10-7-17(31)14-28/h3-6,8,11-13,17,20,31H,1-2,7,9-10,14H2/t17-,20-/m1/s1. The average molecular weight is 439 g/mol. The van der Waals surface area contributed by atoms with Crippen molar-refractivity contribution in [2.45, 2.75) is 31.4 Å². The van der Waals surface area contributed by atoms with Crippen LogP contribution >= 0.6 is 0 Å². The normalized spacial score (nSPS) is 21.3. The first-order chi connectivity index (χ1) is 15.5. The number of carbonyl (C=O) groups is 1. The summed E-state index contributed by atoms with van der Waals surface area (Å²) >= 11 is 0. The highest BCUT2D eigenvalue weighted by atomic mass is 19.1. The highest BCUT2D eigenvalue weighted by molar-refractivity contribution is 5.93. The van der Waals surface area contributed by atoms with Crippen LogP contribution < -0.4 is 4.90 Å². The molecule has 0 saturated carbocycles. The molecule has 2 fully saturated rings. The van der Waals surface area contributed by atoms with Crippen molar-refractivity contribution in [2.75, 3.05) is 24.5 Å². The molecule has 0 unspecified atom stereocenters. The SMILES string of the molecule is O=C(C=Cc1cnn2ccc(N3CCC[C@@H]3c3cc(F)ccc3F)nc12)N1CC[C@@H](O)C1. The number of β-amino-alcohol motifs (C(OH)–C–C–N with tert-alkyl or cyclic N) is 1. The molecule has 1 N–H and O–H groups in total. The molecule has 1 aromatic carbocycles. The number of hydrogen-bond donors (Lipinski definition) is 1. The molecule has 3 aromatic rings. The van der Waals surface area contributed by atoms with Gasteiger partial charge in [0.25, 0.3) is 0 Å². The van der Waals surface area contributed by atoms with Gasteiger partial charge < -0.3 is 14.9 Å². The second kappa shape index (κ2) is 8.31. The number of likely N-dealkylation sites (tertiary alicyclic amines) is 1. The number of halogens is 2. The third-order valence-electron chi connectivity index (χ3n) is 6.13. The van der Waals surface area contributed by atoms with Gasteiger partial charge in [-0.05, 0) is 49.6 Å². The maximum atomic E-state index is 14.4. The van der Waals surface area contributed by atoms with Crippen LogP contribution in [0, 0.1) is 11.6 Å². The van der Waals surface area contributed by atoms with E-state index in [4.69, 9.17) is 4.98 Å². The summed E-state index contributed by atoms with van der Waals surface area (Å²) in [6, 6.07) is 5.04. The van der Waals surface area contributed by atoms with E-state index in [0.29, 0.717) is 55.1 Å². The number of rotatable bonds is 4. The minimum atomic E-state index is -0.468. The summed E-state index contributed by atoms with van der Waals surface area (Å²) in [6.45, 7) is 1.56. The number of amides is 1. The quantitative estimate of drug-likeness (QED) is 0.633. The number of aromatic nitrogens is 3. The van der Waals surface area contributed by atoms with Gasteiger partial charge in [-0.2, -0.15) is 5.10 Å². The van der Waals surface area contributed by atoms with E-state index < -0.39 is 17.7 Å². The maximum absolute atomic E-state index is 14.4. The van der Waals surface area contributed by atoms with Gasteiger partial charge >= 0.3 is 0 Å². The van der Waals surface area contributed by atoms with Crippen LogP contribution in [0.25, 0.3) is 11.7 Å². The van der Waals surface area contributed by atoms with Crippen LogP contribution in [0.15, 0.2) is 42.7 Å². The Balaban J connectivity index is 1.42. The zero-order chi connectivity index (χ0) is 22.2. The molecule has 0 aliphatic carbocycles. The molecule has 2 aliphatic rings. The van der Waals surface area contributed by atoms with Gasteiger partial charge in [-0.1, -0.05) is 0 Å². The van der Waals surface area contributed by atoms with E-state index in [-0.39, 0.29) is 11.9 Å². The molecule has 2 atom stereocenters. The van der Waals surface area contributed by atoms with E-state index in [1.165, 1.54) is 12.1 Å². The van der Waals surface area contributed by atoms with E-state index in [1.54, 1.807) is 34.0 Å². The van der Waals surface area contributed by atoms with Gasteiger partial charge in [-0.15, -0.1) is 0 Å². The Bertz CT molecular complexity index is 1190. The van der Waals surface area contributed by atoms with Crippen molar-refractivity contribution in [1.29, 1.82) is 0 Å². The Morgan fingerprint density at radius 1 is 1.19 bits per heavy atom. The van der Waals surface area contributed by atoms with Crippen molar-refractivity contribution >= 4 is 23.4 Å². The smallest absolute Gasteiger partial charge is 0.246 e. The van der Waals surface area contributed by atoms with Crippen LogP contribution in [0.3, 0.4) is 0 Å². The molecule has 2 aromatic heterocycles. The first kappa shape index (κ1) is 20.6. The first-order valence-electron chi connectivity index (χ1n) is 10.7. The molecule has 2 aliphatic heterocycles. The lowest BCUT2D eigenvalue weighted by Crippen LogP contribution is -2.27. The fourth-order valence-electron chi connectivity index (χ4n) is 4.50. The molecule has 0 spiro atoms. The number of benzene rings is 1. The Morgan fingerprint density at radius 2 is 2.06 bits per heavy atom. The van der Waals surface area contributed by atoms with Crippen molar-refractivity contribution in [2.24, 2.45) is 0 Å². The molecule has 4 heterocycles. The third-order valence-corrected chi connectivity index (χ3v) is 6.13. The number of aliphatic hydroxyl groups is 1. The molecular weight excluding hydrogens is 416 g/mol. The van der Waals surface area contributed by atoms with E-state index >= 15 is 0 Å². The molecule has 0 radical (unpaired) electrons. The molecule has 1 amide bonds. The maximum Gasteiger partial charge on any atom is 0.246 e. The van der Waals surface area contributed by atoms with Gasteiger partial charge in [0.1, 0.15) is 17.5 Å². The summed E-state index contributed by atoms with van der Waals surface area (Å²) in [6.07, 6.45) is 8.19. The van der Waals surface area contributed by atoms with Crippen molar-refractivity contribution in [3.8, 4) is 0 Å². The number of anilines is 1. The monoisotopic (exact) mass is 439 g/mol. The summed E-state index contributed by atoms with van der Waals surface area (Å²) in [5, 5.41) is 13.9. The molecule has 9 heteroatoms. The van der Waals surface area contributed by atoms with Gasteiger partial charge in [0.15, 0.2) is 5.65 Å². The predicted octanol–water partition coefficient (Wildman–Crippen LogP) is 2.96. The largest absolute Gasteiger partial charge is 0.391 e. The first-order valence-corrected chi connectivity index (χ1v) is 10.7. The second-order valence-corrected chi connectivity index (χ2v) is 8.23. The number of fused-ring (bicyclic) bond motifs is 1. The molecule has 7 nitrogen and oxygen atoms in total. The van der Waals surface area contributed by atoms with Crippen molar-refractivity contribution in [3.05, 3.63) is 65.5 Å². The average Bonchev–Trinajstić information content (AvgIpc) is 3.53. The number of aliphatic hydroxyl groups excluding tert-OH is 1. The lowest BCUT2D eigenvalue weighted by molar-refractivity contribution is -0.125. The summed E-state index contributed by atoms with van der Waals surface area (Å²) in [5.74, 6) is -0.413. The highest BCUT2D eigenvalue weighted by Crippen LogP contribution is 2.36. The lowest BCUT2D eigenvalue weighted by Gasteiger charge is -2.26. The second-order valence-electron chi connectivity index (χ2n) is 8.23. The van der Waals surface area contributed by atoms with Crippen LogP contribution in [-0.2, 0) is 4.79 Å². The topological polar surface area (TPSA) is 74.0 Å². The lowest BCUT2D eigenvalue weighted by atomic mass is 10.0. The summed E-state index contributed by atoms with van der Waals surface area (Å²) in [5.41, 5.74) is 1.57. The fraction of sp³-hybridized carbons (Fsp3) is 0.348. The van der Waals surface area contributed by atoms with E-state index in [9.17, 15) is 18.7 Å². The van der Waals surface area contributed by atoms with Crippen LogP contribution in [0.4, 0.5) is 14.6 Å². The Hall–Kier alpha value is -3.33. The number of hydrogen-bond acceptors (Lipinski definition) is 5. The Morgan fingerprint density at radius 3 is 2.88 bits per heavy atom. The number of carbonyl (C=O) groups excluding carboxylic acids is 1. The zero-order valence-electron chi connectivity index (χ0n) is 17.4. The van der Waals surface area contributed by atoms with Crippen molar-refractivity contribution < 1.29 is 18.7 Å². The minimum Gasteiger partial charge on any atom is -0.391 e. The predicted molar refractivity (Wildman–Crippen MR) is 115 cm³/mol. The molecule has 32 heavy (non-hydrogen) atoms. The van der Waals surface area contributed by atoms with Crippen LogP contribution in [0.1, 0.15) is 36.4 Å². The minimum absolute atomic E-state index is 0.168. The molecular formula is C23H23F2N5O2. The summed E-state index contributed by atoms with van der Waals surface area (Å²) in [7, 11) is 0. The van der Waals surface area contributed by atoms with E-state index in [2.05, 4.69) is 5.10 Å². The summed E-state index contributed by atoms with van der Waals surface area (Å²) in [4.78, 5) is 20.7. The van der Waals surface area contributed by atoms with Crippen LogP contribution in [0.5, 0.6) is 0 Å². The van der Waals surface area contributed by atoms with Gasteiger partial charge in [0, 0.05) is 43.0 Å². The summed E-state index contributed by atoms with van der Waals surface area (Å²) < 4.78 is 29.8. The van der Waals surface area contributed by atoms with E-state index in [1.807, 2.05) is 4.90 Å². The zero-order valence-corrected chi connectivity index (χ0v) is 17.4. The molecule has 5 rings (SSSR count). The van der Waals surface area contributed by atoms with Crippen molar-refractivity contribution in [3.63, 3.8) is 0 Å². The van der Waals surface area contributed by atoms with Gasteiger partial charge in [-0.3, -0.25) is 4.79 Å². The molecule has 166 valence electrons. The third kappa shape index (κ3) is 3.84. The van der Waals surface area contributed by atoms with E-state index in [0.717, 1.165) is 18.6 Å². The van der Waals surface area contributed by atoms with Crippen LogP contribution in [-0.4, -0.2) is 56.2 Å². The molecule has 2 saturated heterocycles.